The van der Waals surface area contributed by atoms with E-state index in [9.17, 15) is 0 Å². The molecule has 0 spiro atoms. The molecule has 2 rings (SSSR count). The van der Waals surface area contributed by atoms with Crippen molar-refractivity contribution in [3.05, 3.63) is 15.6 Å². The lowest BCUT2D eigenvalue weighted by atomic mass is 10.3. The molecule has 5 heteroatoms. The van der Waals surface area contributed by atoms with Crippen molar-refractivity contribution in [1.82, 2.24) is 0 Å². The Balaban J connectivity index is 2.69. The maximum absolute atomic E-state index is 5.84. The summed E-state index contributed by atoms with van der Waals surface area (Å²) in [6.07, 6.45) is 0. The molecule has 12 heavy (non-hydrogen) atoms. The average Bonchev–Trinajstić information content (AvgIpc) is 2.48. The Labute approximate surface area is 82.5 Å². The van der Waals surface area contributed by atoms with E-state index < -0.39 is 0 Å². The van der Waals surface area contributed by atoms with E-state index in [0.717, 1.165) is 0 Å². The van der Waals surface area contributed by atoms with E-state index >= 15 is 0 Å². The molecule has 1 aromatic carbocycles. The van der Waals surface area contributed by atoms with Gasteiger partial charge >= 0.3 is 0 Å². The highest BCUT2D eigenvalue weighted by Gasteiger charge is 2.22. The van der Waals surface area contributed by atoms with Crippen molar-refractivity contribution in [3.63, 3.8) is 0 Å². The van der Waals surface area contributed by atoms with E-state index in [1.165, 1.54) is 0 Å². The molecule has 0 radical (unpaired) electrons. The van der Waals surface area contributed by atoms with Crippen molar-refractivity contribution >= 4 is 33.2 Å². The van der Waals surface area contributed by atoms with Crippen LogP contribution in [0, 0.1) is 0 Å². The maximum Gasteiger partial charge on any atom is 0.231 e. The molecule has 3 nitrogen and oxygen atoms in total. The van der Waals surface area contributed by atoms with Gasteiger partial charge in [0.1, 0.15) is 0 Å². The fourth-order valence-corrected chi connectivity index (χ4v) is 1.68. The molecule has 0 atom stereocenters. The highest BCUT2D eigenvalue weighted by molar-refractivity contribution is 9.10. The van der Waals surface area contributed by atoms with Gasteiger partial charge in [-0.25, -0.2) is 0 Å². The van der Waals surface area contributed by atoms with Gasteiger partial charge < -0.3 is 15.2 Å². The lowest BCUT2D eigenvalue weighted by molar-refractivity contribution is 0.173. The molecule has 1 aliphatic rings. The third kappa shape index (κ3) is 1.03. The van der Waals surface area contributed by atoms with Crippen LogP contribution in [-0.2, 0) is 0 Å². The second kappa shape index (κ2) is 2.71. The number of ether oxygens (including phenoxy) is 2. The van der Waals surface area contributed by atoms with Crippen molar-refractivity contribution in [2.24, 2.45) is 0 Å². The molecule has 0 bridgehead atoms. The Morgan fingerprint density at radius 1 is 1.42 bits per heavy atom. The van der Waals surface area contributed by atoms with Crippen LogP contribution in [0.1, 0.15) is 0 Å². The second-order valence-electron chi connectivity index (χ2n) is 2.33. The molecule has 1 heterocycles. The van der Waals surface area contributed by atoms with Crippen LogP contribution in [0.25, 0.3) is 0 Å². The number of hydrogen-bond acceptors (Lipinski definition) is 3. The van der Waals surface area contributed by atoms with Crippen molar-refractivity contribution in [1.29, 1.82) is 0 Å². The van der Waals surface area contributed by atoms with Gasteiger partial charge in [0.05, 0.1) is 15.2 Å². The van der Waals surface area contributed by atoms with E-state index in [1.54, 1.807) is 6.07 Å². The van der Waals surface area contributed by atoms with Gasteiger partial charge in [-0.3, -0.25) is 0 Å². The zero-order valence-electron chi connectivity index (χ0n) is 5.93. The maximum atomic E-state index is 5.84. The first kappa shape index (κ1) is 8.01. The predicted molar refractivity (Wildman–Crippen MR) is 49.7 cm³/mol. The number of fused-ring (bicyclic) bond motifs is 1. The molecule has 64 valence electrons. The van der Waals surface area contributed by atoms with Gasteiger partial charge in [-0.15, -0.1) is 0 Å². The normalized spacial score (nSPS) is 13.5. The molecule has 1 aromatic rings. The minimum Gasteiger partial charge on any atom is -0.452 e. The summed E-state index contributed by atoms with van der Waals surface area (Å²) in [5, 5.41) is 0.475. The lowest BCUT2D eigenvalue weighted by Crippen LogP contribution is -1.93. The van der Waals surface area contributed by atoms with Gasteiger partial charge in [-0.2, -0.15) is 0 Å². The molecule has 0 saturated carbocycles. The summed E-state index contributed by atoms with van der Waals surface area (Å²) < 4.78 is 11.0. The Hall–Kier alpha value is -0.610. The summed E-state index contributed by atoms with van der Waals surface area (Å²) in [6.45, 7) is 0.192. The number of benzene rings is 1. The van der Waals surface area contributed by atoms with Crippen LogP contribution < -0.4 is 15.2 Å². The van der Waals surface area contributed by atoms with E-state index in [1.807, 2.05) is 0 Å². The quantitative estimate of drug-likeness (QED) is 0.719. The minimum atomic E-state index is 0.192. The minimum absolute atomic E-state index is 0.192. The molecule has 0 unspecified atom stereocenters. The Bertz CT molecular complexity index is 343. The topological polar surface area (TPSA) is 44.5 Å². The van der Waals surface area contributed by atoms with E-state index in [4.69, 9.17) is 26.8 Å². The van der Waals surface area contributed by atoms with Gasteiger partial charge in [0, 0.05) is 0 Å². The van der Waals surface area contributed by atoms with Gasteiger partial charge in [0.25, 0.3) is 0 Å². The molecule has 0 aliphatic carbocycles. The number of nitrogens with two attached hydrogens (primary N) is 1. The predicted octanol–water partition coefficient (Wildman–Crippen LogP) is 2.41. The first-order valence-corrected chi connectivity index (χ1v) is 4.40. The summed E-state index contributed by atoms with van der Waals surface area (Å²) in [7, 11) is 0. The standard InChI is InChI=1S/C7H5BrClNO2/c8-5-4(10)1-3(9)6-7(5)12-2-11-6/h1H,2,10H2. The van der Waals surface area contributed by atoms with Crippen molar-refractivity contribution in [3.8, 4) is 11.5 Å². The van der Waals surface area contributed by atoms with Crippen LogP contribution >= 0.6 is 27.5 Å². The van der Waals surface area contributed by atoms with Crippen LogP contribution in [0.15, 0.2) is 10.5 Å². The van der Waals surface area contributed by atoms with Crippen LogP contribution in [0.4, 0.5) is 5.69 Å². The fourth-order valence-electron chi connectivity index (χ4n) is 1.02. The second-order valence-corrected chi connectivity index (χ2v) is 3.53. The Morgan fingerprint density at radius 3 is 2.83 bits per heavy atom. The zero-order valence-corrected chi connectivity index (χ0v) is 8.28. The molecular formula is C7H5BrClNO2. The van der Waals surface area contributed by atoms with Gasteiger partial charge in [0.15, 0.2) is 11.5 Å². The Kier molecular flexibility index (Phi) is 1.81. The molecule has 0 amide bonds. The molecule has 2 N–H and O–H groups in total. The molecule has 0 saturated heterocycles. The van der Waals surface area contributed by atoms with Crippen molar-refractivity contribution in [2.45, 2.75) is 0 Å². The third-order valence-corrected chi connectivity index (χ3v) is 2.66. The highest BCUT2D eigenvalue weighted by atomic mass is 79.9. The largest absolute Gasteiger partial charge is 0.452 e. The number of anilines is 1. The van der Waals surface area contributed by atoms with Crippen LogP contribution in [0.3, 0.4) is 0 Å². The van der Waals surface area contributed by atoms with Crippen LogP contribution in [0.5, 0.6) is 11.5 Å². The average molecular weight is 250 g/mol. The third-order valence-electron chi connectivity index (χ3n) is 1.56. The smallest absolute Gasteiger partial charge is 0.231 e. The van der Waals surface area contributed by atoms with Crippen molar-refractivity contribution < 1.29 is 9.47 Å². The van der Waals surface area contributed by atoms with Crippen molar-refractivity contribution in [2.75, 3.05) is 12.5 Å². The van der Waals surface area contributed by atoms with Gasteiger partial charge in [-0.1, -0.05) is 11.6 Å². The highest BCUT2D eigenvalue weighted by Crippen LogP contribution is 2.46. The first-order chi connectivity index (χ1) is 5.70. The molecular weight excluding hydrogens is 245 g/mol. The number of hydrogen-bond donors (Lipinski definition) is 1. The lowest BCUT2D eigenvalue weighted by Gasteiger charge is -2.03. The SMILES string of the molecule is Nc1cc(Cl)c2c(c1Br)OCO2. The summed E-state index contributed by atoms with van der Waals surface area (Å²) in [4.78, 5) is 0. The summed E-state index contributed by atoms with van der Waals surface area (Å²) in [5.74, 6) is 1.14. The Morgan fingerprint density at radius 2 is 2.08 bits per heavy atom. The van der Waals surface area contributed by atoms with Gasteiger partial charge in [-0.05, 0) is 22.0 Å². The summed E-state index contributed by atoms with van der Waals surface area (Å²) in [5.41, 5.74) is 6.17. The number of nitrogen functional groups attached to an aromatic ring is 1. The van der Waals surface area contributed by atoms with E-state index in [-0.39, 0.29) is 6.79 Å². The fraction of sp³-hybridized carbons (Fsp3) is 0.143. The monoisotopic (exact) mass is 249 g/mol. The van der Waals surface area contributed by atoms with E-state index in [2.05, 4.69) is 15.9 Å². The van der Waals surface area contributed by atoms with Gasteiger partial charge in [0.2, 0.25) is 6.79 Å². The number of rotatable bonds is 0. The molecule has 0 aromatic heterocycles. The first-order valence-electron chi connectivity index (χ1n) is 3.23. The van der Waals surface area contributed by atoms with E-state index in [0.29, 0.717) is 26.7 Å². The number of halogens is 2. The summed E-state index contributed by atoms with van der Waals surface area (Å²) in [6, 6.07) is 1.62. The van der Waals surface area contributed by atoms with Crippen LogP contribution in [0.2, 0.25) is 5.02 Å². The molecule has 1 aliphatic heterocycles. The summed E-state index contributed by atoms with van der Waals surface area (Å²) >= 11 is 9.12. The molecule has 0 fully saturated rings. The van der Waals surface area contributed by atoms with Crippen LogP contribution in [-0.4, -0.2) is 6.79 Å². The zero-order chi connectivity index (χ0) is 8.72.